The van der Waals surface area contributed by atoms with Crippen LogP contribution in [0.1, 0.15) is 0 Å². The zero-order valence-electron chi connectivity index (χ0n) is 20.2. The molecule has 4 amide bonds. The molecule has 0 fully saturated rings. The maximum absolute atomic E-state index is 11.6. The fourth-order valence-electron chi connectivity index (χ4n) is 2.13. The first-order valence-electron chi connectivity index (χ1n) is 11.2. The third-order valence-electron chi connectivity index (χ3n) is 3.87. The molecule has 0 radical (unpaired) electrons. The standard InChI is InChI=1S/C20H37N5O10S/c21-16(20(30)31)13-36-14-19(29)24-2-1-23-17(27)11-34-10-8-33-6-4-25-18(28)12-35-9-7-32-5-3-22-15-26/h15-16H,1-14,21H2,(H,22,26)(H,23,27)(H,24,29)(H,25,28)(H,30,31)/t16-/m0/s1. The van der Waals surface area contributed by atoms with Gasteiger partial charge in [-0.05, 0) is 0 Å². The van der Waals surface area contributed by atoms with Gasteiger partial charge in [-0.1, -0.05) is 0 Å². The number of carboxylic acid groups (broad SMARTS) is 1. The predicted molar refractivity (Wildman–Crippen MR) is 129 cm³/mol. The summed E-state index contributed by atoms with van der Waals surface area (Å²) in [7, 11) is 0. The molecule has 0 aliphatic rings. The Bertz CT molecular complexity index is 644. The van der Waals surface area contributed by atoms with Crippen molar-refractivity contribution in [1.29, 1.82) is 0 Å². The van der Waals surface area contributed by atoms with Crippen LogP contribution in [0.3, 0.4) is 0 Å². The van der Waals surface area contributed by atoms with E-state index < -0.39 is 12.0 Å². The minimum atomic E-state index is -1.12. The van der Waals surface area contributed by atoms with E-state index in [4.69, 9.17) is 29.8 Å². The number of rotatable bonds is 25. The Hall–Kier alpha value is -2.50. The average Bonchev–Trinajstić information content (AvgIpc) is 2.84. The third-order valence-corrected chi connectivity index (χ3v) is 4.93. The Morgan fingerprint density at radius 1 is 0.750 bits per heavy atom. The van der Waals surface area contributed by atoms with Gasteiger partial charge >= 0.3 is 5.97 Å². The van der Waals surface area contributed by atoms with Crippen molar-refractivity contribution in [2.75, 3.05) is 90.5 Å². The van der Waals surface area contributed by atoms with Crippen LogP contribution in [-0.2, 0) is 42.9 Å². The maximum atomic E-state index is 11.6. The summed E-state index contributed by atoms with van der Waals surface area (Å²) in [6, 6.07) is -1.01. The lowest BCUT2D eigenvalue weighted by atomic mass is 10.4. The molecule has 16 heteroatoms. The molecular formula is C20H37N5O10S. The monoisotopic (exact) mass is 539 g/mol. The SMILES string of the molecule is N[C@@H](CSCC(=O)NCCNC(=O)COCCOCCNC(=O)COCCOCCNC=O)C(=O)O. The number of nitrogens with two attached hydrogens (primary N) is 1. The van der Waals surface area contributed by atoms with E-state index in [1.54, 1.807) is 0 Å². The van der Waals surface area contributed by atoms with E-state index in [-0.39, 0.29) is 82.0 Å². The highest BCUT2D eigenvalue weighted by atomic mass is 32.2. The number of carbonyl (C=O) groups is 5. The Balaban J connectivity index is 3.41. The van der Waals surface area contributed by atoms with Crippen molar-refractivity contribution in [3.05, 3.63) is 0 Å². The van der Waals surface area contributed by atoms with Crippen LogP contribution in [0.2, 0.25) is 0 Å². The topological polar surface area (TPSA) is 217 Å². The molecule has 0 spiro atoms. The molecular weight excluding hydrogens is 502 g/mol. The fourth-order valence-corrected chi connectivity index (χ4v) is 2.93. The summed E-state index contributed by atoms with van der Waals surface area (Å²) in [6.07, 6.45) is 0.587. The molecule has 36 heavy (non-hydrogen) atoms. The van der Waals surface area contributed by atoms with Crippen LogP contribution in [0.5, 0.6) is 0 Å². The first-order valence-corrected chi connectivity index (χ1v) is 12.4. The molecule has 7 N–H and O–H groups in total. The van der Waals surface area contributed by atoms with Crippen molar-refractivity contribution >= 4 is 41.9 Å². The molecule has 0 bridgehead atoms. The molecule has 0 heterocycles. The number of hydrogen-bond acceptors (Lipinski definition) is 11. The number of nitrogens with one attached hydrogen (secondary N) is 4. The number of carboxylic acids is 1. The maximum Gasteiger partial charge on any atom is 0.321 e. The van der Waals surface area contributed by atoms with E-state index in [1.807, 2.05) is 0 Å². The number of aliphatic carboxylic acids is 1. The first-order chi connectivity index (χ1) is 17.4. The van der Waals surface area contributed by atoms with E-state index in [2.05, 4.69) is 21.3 Å². The molecule has 0 aromatic carbocycles. The van der Waals surface area contributed by atoms with E-state index >= 15 is 0 Å². The summed E-state index contributed by atoms with van der Waals surface area (Å²) >= 11 is 1.11. The molecule has 0 aromatic heterocycles. The minimum absolute atomic E-state index is 0.0775. The first kappa shape index (κ1) is 33.5. The summed E-state index contributed by atoms with van der Waals surface area (Å²) in [6.45, 7) is 2.56. The summed E-state index contributed by atoms with van der Waals surface area (Å²) in [4.78, 5) is 55.4. The van der Waals surface area contributed by atoms with Crippen LogP contribution in [0.15, 0.2) is 0 Å². The Morgan fingerprint density at radius 3 is 1.81 bits per heavy atom. The van der Waals surface area contributed by atoms with Crippen molar-refractivity contribution in [2.45, 2.75) is 6.04 Å². The highest BCUT2D eigenvalue weighted by Gasteiger charge is 2.12. The summed E-state index contributed by atoms with van der Waals surface area (Å²) < 4.78 is 20.8. The molecule has 0 aromatic rings. The smallest absolute Gasteiger partial charge is 0.321 e. The van der Waals surface area contributed by atoms with Gasteiger partial charge in [0, 0.05) is 31.9 Å². The van der Waals surface area contributed by atoms with Gasteiger partial charge in [-0.3, -0.25) is 24.0 Å². The Labute approximate surface area is 213 Å². The van der Waals surface area contributed by atoms with Crippen molar-refractivity contribution in [2.24, 2.45) is 5.73 Å². The molecule has 1 atom stereocenters. The Morgan fingerprint density at radius 2 is 1.25 bits per heavy atom. The molecule has 208 valence electrons. The summed E-state index contributed by atoms with van der Waals surface area (Å²) in [5.41, 5.74) is 5.33. The molecule has 0 rings (SSSR count). The van der Waals surface area contributed by atoms with Gasteiger partial charge in [-0.25, -0.2) is 0 Å². The van der Waals surface area contributed by atoms with Crippen molar-refractivity contribution < 1.29 is 48.0 Å². The van der Waals surface area contributed by atoms with Gasteiger partial charge in [0.15, 0.2) is 0 Å². The van der Waals surface area contributed by atoms with Gasteiger partial charge in [0.1, 0.15) is 19.3 Å². The van der Waals surface area contributed by atoms with E-state index in [0.717, 1.165) is 11.8 Å². The number of carbonyl (C=O) groups excluding carboxylic acids is 4. The number of hydrogen-bond donors (Lipinski definition) is 6. The van der Waals surface area contributed by atoms with Gasteiger partial charge in [-0.2, -0.15) is 0 Å². The number of amides is 4. The molecule has 0 aliphatic carbocycles. The molecule has 0 saturated heterocycles. The Kier molecular flexibility index (Phi) is 22.5. The van der Waals surface area contributed by atoms with Gasteiger partial charge < -0.3 is 51.1 Å². The number of thioether (sulfide) groups is 1. The van der Waals surface area contributed by atoms with Crippen LogP contribution < -0.4 is 27.0 Å². The zero-order chi connectivity index (χ0) is 26.9. The highest BCUT2D eigenvalue weighted by molar-refractivity contribution is 8.00. The van der Waals surface area contributed by atoms with Crippen LogP contribution in [0.4, 0.5) is 0 Å². The third kappa shape index (κ3) is 23.3. The largest absolute Gasteiger partial charge is 0.480 e. The van der Waals surface area contributed by atoms with Gasteiger partial charge in [0.2, 0.25) is 24.1 Å². The van der Waals surface area contributed by atoms with E-state index in [9.17, 15) is 24.0 Å². The molecule has 15 nitrogen and oxygen atoms in total. The van der Waals surface area contributed by atoms with Crippen LogP contribution in [-0.4, -0.2) is 132 Å². The molecule has 0 aliphatic heterocycles. The van der Waals surface area contributed by atoms with Crippen molar-refractivity contribution in [3.63, 3.8) is 0 Å². The molecule has 0 saturated carbocycles. The number of ether oxygens (including phenoxy) is 4. The second-order valence-electron chi connectivity index (χ2n) is 6.91. The average molecular weight is 540 g/mol. The highest BCUT2D eigenvalue weighted by Crippen LogP contribution is 2.01. The van der Waals surface area contributed by atoms with Gasteiger partial charge in [0.05, 0.1) is 45.4 Å². The predicted octanol–water partition coefficient (Wildman–Crippen LogP) is -3.71. The fraction of sp³-hybridized carbons (Fsp3) is 0.750. The second kappa shape index (κ2) is 24.2. The van der Waals surface area contributed by atoms with Crippen molar-refractivity contribution in [1.82, 2.24) is 21.3 Å². The van der Waals surface area contributed by atoms with Crippen molar-refractivity contribution in [3.8, 4) is 0 Å². The lowest BCUT2D eigenvalue weighted by Crippen LogP contribution is -2.37. The minimum Gasteiger partial charge on any atom is -0.480 e. The van der Waals surface area contributed by atoms with Crippen LogP contribution >= 0.6 is 11.8 Å². The van der Waals surface area contributed by atoms with Gasteiger partial charge in [-0.15, -0.1) is 11.8 Å². The summed E-state index contributed by atoms with van der Waals surface area (Å²) in [5.74, 6) is -1.83. The second-order valence-corrected chi connectivity index (χ2v) is 7.94. The van der Waals surface area contributed by atoms with E-state index in [0.29, 0.717) is 32.7 Å². The normalized spacial score (nSPS) is 11.4. The summed E-state index contributed by atoms with van der Waals surface area (Å²) in [5, 5.41) is 18.9. The van der Waals surface area contributed by atoms with Gasteiger partial charge in [0.25, 0.3) is 0 Å². The quantitative estimate of drug-likeness (QED) is 0.0488. The van der Waals surface area contributed by atoms with E-state index in [1.165, 1.54) is 0 Å². The lowest BCUT2D eigenvalue weighted by molar-refractivity contribution is -0.138. The van der Waals surface area contributed by atoms with Crippen LogP contribution in [0.25, 0.3) is 0 Å². The lowest BCUT2D eigenvalue weighted by Gasteiger charge is -2.09. The zero-order valence-corrected chi connectivity index (χ0v) is 21.0. The van der Waals surface area contributed by atoms with Crippen LogP contribution in [0, 0.1) is 0 Å². The molecule has 0 unspecified atom stereocenters.